The molecule has 90 valence electrons. The van der Waals surface area contributed by atoms with Crippen molar-refractivity contribution in [3.63, 3.8) is 0 Å². The average molecular weight is 240 g/mol. The van der Waals surface area contributed by atoms with Crippen LogP contribution in [-0.2, 0) is 4.74 Å². The highest BCUT2D eigenvalue weighted by atomic mass is 32.2. The molecule has 4 heteroatoms. The molecule has 0 aromatic rings. The summed E-state index contributed by atoms with van der Waals surface area (Å²) in [7, 11) is 0. The molecule has 3 aliphatic rings. The summed E-state index contributed by atoms with van der Waals surface area (Å²) in [6.07, 6.45) is 4.63. The van der Waals surface area contributed by atoms with Gasteiger partial charge < -0.3 is 10.1 Å². The minimum Gasteiger partial charge on any atom is -0.373 e. The largest absolute Gasteiger partial charge is 0.373 e. The number of nitrogens with one attached hydrogen (secondary N) is 1. The highest BCUT2D eigenvalue weighted by Gasteiger charge is 2.41. The minimum absolute atomic E-state index is 0.362. The van der Waals surface area contributed by atoms with Gasteiger partial charge >= 0.3 is 0 Å². The van der Waals surface area contributed by atoms with Crippen molar-refractivity contribution >= 4 is 16.9 Å². The summed E-state index contributed by atoms with van der Waals surface area (Å²) in [6.45, 7) is 5.51. The monoisotopic (exact) mass is 240 g/mol. The van der Waals surface area contributed by atoms with Gasteiger partial charge in [-0.2, -0.15) is 0 Å². The second-order valence-electron chi connectivity index (χ2n) is 5.93. The summed E-state index contributed by atoms with van der Waals surface area (Å²) in [4.78, 5) is 4.64. The zero-order valence-electron chi connectivity index (χ0n) is 10.0. The molecule has 3 unspecified atom stereocenters. The van der Waals surface area contributed by atoms with Crippen LogP contribution < -0.4 is 5.32 Å². The zero-order chi connectivity index (χ0) is 11.2. The highest BCUT2D eigenvalue weighted by Crippen LogP contribution is 2.35. The summed E-state index contributed by atoms with van der Waals surface area (Å²) in [5, 5.41) is 4.71. The number of amidine groups is 1. The fourth-order valence-corrected chi connectivity index (χ4v) is 3.69. The van der Waals surface area contributed by atoms with Crippen LogP contribution in [-0.4, -0.2) is 35.7 Å². The van der Waals surface area contributed by atoms with Gasteiger partial charge in [-0.3, -0.25) is 4.99 Å². The molecule has 3 nitrogen and oxygen atoms in total. The number of nitrogens with zero attached hydrogens (tertiary/aromatic N) is 1. The maximum absolute atomic E-state index is 5.84. The Kier molecular flexibility index (Phi) is 2.67. The Morgan fingerprint density at radius 1 is 1.44 bits per heavy atom. The van der Waals surface area contributed by atoms with E-state index in [2.05, 4.69) is 24.2 Å². The van der Waals surface area contributed by atoms with Crippen LogP contribution in [0.4, 0.5) is 0 Å². The minimum atomic E-state index is 0.362. The van der Waals surface area contributed by atoms with E-state index in [1.165, 1.54) is 25.0 Å². The maximum Gasteiger partial charge on any atom is 0.156 e. The third-order valence-corrected chi connectivity index (χ3v) is 5.11. The molecule has 2 saturated heterocycles. The van der Waals surface area contributed by atoms with Crippen LogP contribution in [0.25, 0.3) is 0 Å². The lowest BCUT2D eigenvalue weighted by atomic mass is 9.95. The summed E-state index contributed by atoms with van der Waals surface area (Å²) < 4.78 is 5.84. The van der Waals surface area contributed by atoms with E-state index in [0.29, 0.717) is 23.7 Å². The van der Waals surface area contributed by atoms with E-state index in [1.54, 1.807) is 0 Å². The molecule has 0 aliphatic carbocycles. The topological polar surface area (TPSA) is 33.6 Å². The van der Waals surface area contributed by atoms with Crippen LogP contribution >= 0.6 is 11.8 Å². The Morgan fingerprint density at radius 3 is 2.88 bits per heavy atom. The summed E-state index contributed by atoms with van der Waals surface area (Å²) in [5.41, 5.74) is 0.362. The lowest BCUT2D eigenvalue weighted by molar-refractivity contribution is 0.0994. The Morgan fingerprint density at radius 2 is 2.31 bits per heavy atom. The van der Waals surface area contributed by atoms with Crippen molar-refractivity contribution in [3.05, 3.63) is 0 Å². The first-order valence-electron chi connectivity index (χ1n) is 6.22. The number of thioether (sulfide) groups is 1. The normalized spacial score (nSPS) is 40.9. The molecule has 2 bridgehead atoms. The molecule has 0 amide bonds. The first-order chi connectivity index (χ1) is 7.62. The van der Waals surface area contributed by atoms with Gasteiger partial charge in [0.25, 0.3) is 0 Å². The van der Waals surface area contributed by atoms with Gasteiger partial charge in [0.2, 0.25) is 0 Å². The molecule has 2 fully saturated rings. The molecule has 0 radical (unpaired) electrons. The summed E-state index contributed by atoms with van der Waals surface area (Å²) >= 11 is 1.87. The van der Waals surface area contributed by atoms with Crippen LogP contribution in [0.3, 0.4) is 0 Å². The van der Waals surface area contributed by atoms with E-state index < -0.39 is 0 Å². The van der Waals surface area contributed by atoms with Gasteiger partial charge in [-0.25, -0.2) is 0 Å². The van der Waals surface area contributed by atoms with Crippen molar-refractivity contribution in [1.29, 1.82) is 0 Å². The van der Waals surface area contributed by atoms with Crippen molar-refractivity contribution in [2.24, 2.45) is 10.4 Å². The molecule has 0 saturated carbocycles. The van der Waals surface area contributed by atoms with E-state index in [-0.39, 0.29) is 0 Å². The second kappa shape index (κ2) is 3.91. The van der Waals surface area contributed by atoms with Crippen molar-refractivity contribution < 1.29 is 4.74 Å². The third kappa shape index (κ3) is 2.09. The summed E-state index contributed by atoms with van der Waals surface area (Å²) in [5.74, 6) is 1.17. The van der Waals surface area contributed by atoms with Crippen molar-refractivity contribution in [2.45, 2.75) is 51.4 Å². The molecule has 0 aromatic heterocycles. The Bertz CT molecular complexity index is 316. The number of hydrogen-bond donors (Lipinski definition) is 1. The van der Waals surface area contributed by atoms with Crippen LogP contribution in [0, 0.1) is 5.41 Å². The van der Waals surface area contributed by atoms with Gasteiger partial charge in [-0.15, -0.1) is 0 Å². The van der Waals surface area contributed by atoms with Crippen LogP contribution in [0.1, 0.15) is 33.1 Å². The smallest absolute Gasteiger partial charge is 0.156 e. The number of ether oxygens (including phenoxy) is 1. The fourth-order valence-electron chi connectivity index (χ4n) is 2.68. The molecule has 3 aliphatic heterocycles. The van der Waals surface area contributed by atoms with E-state index in [1.807, 2.05) is 11.8 Å². The quantitative estimate of drug-likeness (QED) is 0.761. The zero-order valence-corrected chi connectivity index (χ0v) is 10.8. The molecular weight excluding hydrogens is 220 g/mol. The van der Waals surface area contributed by atoms with Crippen molar-refractivity contribution in [1.82, 2.24) is 5.32 Å². The van der Waals surface area contributed by atoms with Gasteiger partial charge in [-0.1, -0.05) is 25.6 Å². The molecule has 0 spiro atoms. The van der Waals surface area contributed by atoms with E-state index >= 15 is 0 Å². The molecule has 16 heavy (non-hydrogen) atoms. The highest BCUT2D eigenvalue weighted by molar-refractivity contribution is 8.13. The van der Waals surface area contributed by atoms with Crippen molar-refractivity contribution in [3.8, 4) is 0 Å². The molecule has 3 rings (SSSR count). The van der Waals surface area contributed by atoms with Crippen LogP contribution in [0.2, 0.25) is 0 Å². The fraction of sp³-hybridized carbons (Fsp3) is 0.917. The Balaban J connectivity index is 1.58. The van der Waals surface area contributed by atoms with Gasteiger partial charge in [0.05, 0.1) is 18.2 Å². The van der Waals surface area contributed by atoms with E-state index in [9.17, 15) is 0 Å². The number of fused-ring (bicyclic) bond motifs is 2. The lowest BCUT2D eigenvalue weighted by Crippen LogP contribution is -2.42. The van der Waals surface area contributed by atoms with Gasteiger partial charge in [-0.05, 0) is 24.7 Å². The summed E-state index contributed by atoms with van der Waals surface area (Å²) in [6, 6.07) is 0.520. The predicted octanol–water partition coefficient (Wildman–Crippen LogP) is 2.02. The predicted molar refractivity (Wildman–Crippen MR) is 68.0 cm³/mol. The Hall–Kier alpha value is -0.220. The molecule has 1 N–H and O–H groups in total. The molecule has 3 atom stereocenters. The van der Waals surface area contributed by atoms with Crippen LogP contribution in [0.15, 0.2) is 4.99 Å². The second-order valence-corrected chi connectivity index (χ2v) is 6.90. The van der Waals surface area contributed by atoms with Gasteiger partial charge in [0.1, 0.15) is 0 Å². The first kappa shape index (κ1) is 10.9. The van der Waals surface area contributed by atoms with Gasteiger partial charge in [0, 0.05) is 12.3 Å². The third-order valence-electron chi connectivity index (χ3n) is 3.67. The number of aliphatic imine (C=N–C) groups is 1. The van der Waals surface area contributed by atoms with Crippen LogP contribution in [0.5, 0.6) is 0 Å². The number of hydrogen-bond acceptors (Lipinski definition) is 4. The molecule has 3 heterocycles. The maximum atomic E-state index is 5.84. The standard InChI is InChI=1S/C12H20N2OS/c1-12(2)6-13-11(16-7-12)14-9-5-8-3-4-10(9)15-8/h8-10H,3-7H2,1-2H3,(H,13,14). The van der Waals surface area contributed by atoms with E-state index in [0.717, 1.165) is 11.7 Å². The molecule has 0 aromatic carbocycles. The molecular formula is C12H20N2OS. The lowest BCUT2D eigenvalue weighted by Gasteiger charge is -2.29. The van der Waals surface area contributed by atoms with Crippen molar-refractivity contribution in [2.75, 3.05) is 12.3 Å². The first-order valence-corrected chi connectivity index (χ1v) is 7.20. The van der Waals surface area contributed by atoms with Gasteiger partial charge in [0.15, 0.2) is 5.17 Å². The SMILES string of the molecule is CC1(C)CN=C(NC2CC3CCC2O3)SC1. The van der Waals surface area contributed by atoms with E-state index in [4.69, 9.17) is 4.74 Å². The number of rotatable bonds is 1. The average Bonchev–Trinajstić information content (AvgIpc) is 2.83. The Labute approximate surface area is 101 Å².